The summed E-state index contributed by atoms with van der Waals surface area (Å²) in [6, 6.07) is 18.8. The van der Waals surface area contributed by atoms with Crippen LogP contribution in [0.25, 0.3) is 11.3 Å². The highest BCUT2D eigenvalue weighted by Gasteiger charge is 2.30. The Bertz CT molecular complexity index is 1580. The summed E-state index contributed by atoms with van der Waals surface area (Å²) < 4.78 is 55.3. The lowest BCUT2D eigenvalue weighted by molar-refractivity contribution is -0.137. The number of rotatable bonds is 10. The molecule has 5 aromatic rings. The van der Waals surface area contributed by atoms with Gasteiger partial charge in [0, 0.05) is 11.3 Å². The van der Waals surface area contributed by atoms with Gasteiger partial charge >= 0.3 is 6.18 Å². The number of benzene rings is 2. The molecule has 0 aliphatic carbocycles. The van der Waals surface area contributed by atoms with Crippen LogP contribution in [0.15, 0.2) is 93.0 Å². The van der Waals surface area contributed by atoms with Crippen LogP contribution in [0, 0.1) is 0 Å². The monoisotopic (exact) mass is 549 g/mol. The lowest BCUT2D eigenvalue weighted by atomic mass is 10.1. The van der Waals surface area contributed by atoms with Gasteiger partial charge in [0.1, 0.15) is 23.0 Å². The second kappa shape index (κ2) is 11.6. The van der Waals surface area contributed by atoms with Crippen LogP contribution in [-0.4, -0.2) is 28.3 Å². The van der Waals surface area contributed by atoms with Crippen molar-refractivity contribution in [3.05, 3.63) is 96.1 Å². The molecule has 0 radical (unpaired) electrons. The first-order valence-corrected chi connectivity index (χ1v) is 11.9. The van der Waals surface area contributed by atoms with E-state index in [9.17, 15) is 13.2 Å². The van der Waals surface area contributed by atoms with E-state index in [0.29, 0.717) is 29.4 Å². The number of hydrogen-bond acceptors (Lipinski definition) is 10. The number of hydrogen-bond donors (Lipinski definition) is 3. The van der Waals surface area contributed by atoms with E-state index in [1.807, 2.05) is 18.2 Å². The summed E-state index contributed by atoms with van der Waals surface area (Å²) in [7, 11) is 1.58. The summed E-state index contributed by atoms with van der Waals surface area (Å²) in [6.45, 7) is 0.340. The molecular formula is C27H22F3N7O3. The van der Waals surface area contributed by atoms with Gasteiger partial charge in [-0.25, -0.2) is 5.43 Å². The number of furan rings is 2. The van der Waals surface area contributed by atoms with E-state index in [-0.39, 0.29) is 23.6 Å². The summed E-state index contributed by atoms with van der Waals surface area (Å²) in [5, 5.41) is 10.3. The topological polar surface area (TPSA) is 123 Å². The Morgan fingerprint density at radius 1 is 0.925 bits per heavy atom. The van der Waals surface area contributed by atoms with E-state index in [2.05, 4.69) is 36.1 Å². The predicted octanol–water partition coefficient (Wildman–Crippen LogP) is 6.55. The molecule has 3 N–H and O–H groups in total. The molecule has 0 atom stereocenters. The third kappa shape index (κ3) is 6.75. The lowest BCUT2D eigenvalue weighted by Gasteiger charge is -2.10. The number of methoxy groups -OCH3 is 1. The van der Waals surface area contributed by atoms with Crippen LogP contribution in [0.2, 0.25) is 0 Å². The van der Waals surface area contributed by atoms with Crippen molar-refractivity contribution >= 4 is 29.7 Å². The Kier molecular flexibility index (Phi) is 7.62. The minimum Gasteiger partial charge on any atom is -0.497 e. The van der Waals surface area contributed by atoms with Gasteiger partial charge in [-0.15, -0.1) is 0 Å². The van der Waals surface area contributed by atoms with Gasteiger partial charge < -0.3 is 24.2 Å². The molecule has 5 rings (SSSR count). The first-order chi connectivity index (χ1) is 19.4. The van der Waals surface area contributed by atoms with Gasteiger partial charge in [0.15, 0.2) is 0 Å². The smallest absolute Gasteiger partial charge is 0.416 e. The number of aromatic nitrogens is 3. The van der Waals surface area contributed by atoms with Gasteiger partial charge in [0.2, 0.25) is 17.8 Å². The zero-order valence-corrected chi connectivity index (χ0v) is 20.9. The largest absolute Gasteiger partial charge is 0.497 e. The van der Waals surface area contributed by atoms with Crippen LogP contribution in [0.4, 0.5) is 36.7 Å². The van der Waals surface area contributed by atoms with Crippen LogP contribution < -0.4 is 20.8 Å². The van der Waals surface area contributed by atoms with Crippen LogP contribution in [0.5, 0.6) is 5.75 Å². The normalized spacial score (nSPS) is 11.5. The number of anilines is 4. The molecule has 3 heterocycles. The molecule has 40 heavy (non-hydrogen) atoms. The van der Waals surface area contributed by atoms with E-state index in [0.717, 1.165) is 17.8 Å². The van der Waals surface area contributed by atoms with Crippen LogP contribution in [0.3, 0.4) is 0 Å². The van der Waals surface area contributed by atoms with E-state index >= 15 is 0 Å². The molecule has 0 aliphatic heterocycles. The SMILES string of the molecule is COc1ccc(Nc2nc(NCc3ccco3)nc(N/N=C/c3ccc(-c4cccc(C(F)(F)F)c4)o3)n2)cc1. The molecule has 3 aromatic heterocycles. The molecule has 0 bridgehead atoms. The maximum Gasteiger partial charge on any atom is 0.416 e. The second-order valence-electron chi connectivity index (χ2n) is 8.24. The molecule has 2 aromatic carbocycles. The fraction of sp³-hybridized carbons (Fsp3) is 0.111. The second-order valence-corrected chi connectivity index (χ2v) is 8.24. The highest BCUT2D eigenvalue weighted by Crippen LogP contribution is 2.32. The summed E-state index contributed by atoms with van der Waals surface area (Å²) in [5.41, 5.74) is 2.98. The van der Waals surface area contributed by atoms with Crippen molar-refractivity contribution in [2.24, 2.45) is 5.10 Å². The lowest BCUT2D eigenvalue weighted by Crippen LogP contribution is -2.09. The van der Waals surface area contributed by atoms with Crippen molar-refractivity contribution in [1.29, 1.82) is 0 Å². The molecule has 0 fully saturated rings. The van der Waals surface area contributed by atoms with Crippen molar-refractivity contribution < 1.29 is 26.7 Å². The standard InChI is InChI=1S/C27H22F3N7O3/c1-38-20-9-7-19(8-10-20)33-25-34-24(31-15-21-6-3-13-39-21)35-26(36-25)37-32-16-22-11-12-23(40-22)17-4-2-5-18(14-17)27(28,29)30/h2-14,16H,15H2,1H3,(H3,31,33,34,35,36,37)/b32-16+. The third-order valence-corrected chi connectivity index (χ3v) is 5.44. The Morgan fingerprint density at radius 3 is 2.48 bits per heavy atom. The Labute approximate surface area is 225 Å². The van der Waals surface area contributed by atoms with Crippen molar-refractivity contribution in [3.63, 3.8) is 0 Å². The molecule has 0 saturated heterocycles. The van der Waals surface area contributed by atoms with E-state index < -0.39 is 11.7 Å². The average Bonchev–Trinajstić information content (AvgIpc) is 3.65. The Hall–Kier alpha value is -5.33. The number of alkyl halides is 3. The van der Waals surface area contributed by atoms with Crippen molar-refractivity contribution in [1.82, 2.24) is 15.0 Å². The number of nitrogens with one attached hydrogen (secondary N) is 3. The molecule has 0 saturated carbocycles. The van der Waals surface area contributed by atoms with E-state index in [1.165, 1.54) is 18.3 Å². The summed E-state index contributed by atoms with van der Waals surface area (Å²) >= 11 is 0. The third-order valence-electron chi connectivity index (χ3n) is 5.44. The van der Waals surface area contributed by atoms with Gasteiger partial charge in [-0.3, -0.25) is 0 Å². The van der Waals surface area contributed by atoms with Crippen LogP contribution in [-0.2, 0) is 12.7 Å². The molecular weight excluding hydrogens is 527 g/mol. The first-order valence-electron chi connectivity index (χ1n) is 11.9. The summed E-state index contributed by atoms with van der Waals surface area (Å²) in [6.07, 6.45) is -1.53. The van der Waals surface area contributed by atoms with Gasteiger partial charge in [-0.2, -0.15) is 33.2 Å². The maximum absolute atomic E-state index is 13.1. The molecule has 0 aliphatic rings. The number of nitrogens with zero attached hydrogens (tertiary/aromatic N) is 4. The molecule has 204 valence electrons. The van der Waals surface area contributed by atoms with Crippen molar-refractivity contribution in [2.75, 3.05) is 23.2 Å². The minimum atomic E-state index is -4.45. The summed E-state index contributed by atoms with van der Waals surface area (Å²) in [5.74, 6) is 2.58. The number of hydrazone groups is 1. The van der Waals surface area contributed by atoms with Gasteiger partial charge in [0.05, 0.1) is 31.7 Å². The predicted molar refractivity (Wildman–Crippen MR) is 143 cm³/mol. The molecule has 0 amide bonds. The molecule has 0 unspecified atom stereocenters. The molecule has 10 nitrogen and oxygen atoms in total. The highest BCUT2D eigenvalue weighted by molar-refractivity contribution is 5.78. The Balaban J connectivity index is 1.31. The molecule has 13 heteroatoms. The maximum atomic E-state index is 13.1. The van der Waals surface area contributed by atoms with Crippen LogP contribution >= 0.6 is 0 Å². The minimum absolute atomic E-state index is 0.119. The Morgan fingerprint density at radius 2 is 1.73 bits per heavy atom. The zero-order chi connectivity index (χ0) is 28.0. The van der Waals surface area contributed by atoms with E-state index in [4.69, 9.17) is 13.6 Å². The van der Waals surface area contributed by atoms with Gasteiger partial charge in [-0.05, 0) is 60.7 Å². The zero-order valence-electron chi connectivity index (χ0n) is 20.9. The van der Waals surface area contributed by atoms with Crippen LogP contribution in [0.1, 0.15) is 17.1 Å². The van der Waals surface area contributed by atoms with Gasteiger partial charge in [-0.1, -0.05) is 12.1 Å². The quantitative estimate of drug-likeness (QED) is 0.131. The van der Waals surface area contributed by atoms with Crippen molar-refractivity contribution in [2.45, 2.75) is 12.7 Å². The average molecular weight is 550 g/mol. The first kappa shape index (κ1) is 26.3. The van der Waals surface area contributed by atoms with Gasteiger partial charge in [0.25, 0.3) is 0 Å². The fourth-order valence-corrected chi connectivity index (χ4v) is 3.52. The summed E-state index contributed by atoms with van der Waals surface area (Å²) in [4.78, 5) is 13.1. The number of halogens is 3. The van der Waals surface area contributed by atoms with Crippen molar-refractivity contribution in [3.8, 4) is 17.1 Å². The number of ether oxygens (including phenoxy) is 1. The fourth-order valence-electron chi connectivity index (χ4n) is 3.52. The molecule has 0 spiro atoms. The highest BCUT2D eigenvalue weighted by atomic mass is 19.4. The van der Waals surface area contributed by atoms with E-state index in [1.54, 1.807) is 43.7 Å².